The van der Waals surface area contributed by atoms with Crippen molar-refractivity contribution in [1.29, 1.82) is 0 Å². The molecule has 0 unspecified atom stereocenters. The van der Waals surface area contributed by atoms with Gasteiger partial charge in [0.05, 0.1) is 11.6 Å². The van der Waals surface area contributed by atoms with E-state index in [0.29, 0.717) is 6.54 Å². The minimum absolute atomic E-state index is 0.143. The summed E-state index contributed by atoms with van der Waals surface area (Å²) in [6, 6.07) is 2.13. The lowest BCUT2D eigenvalue weighted by Gasteiger charge is -2.43. The maximum absolute atomic E-state index is 6.02. The molecule has 3 heteroatoms. The largest absolute Gasteiger partial charge is 0.495 e. The van der Waals surface area contributed by atoms with Gasteiger partial charge < -0.3 is 10.5 Å². The predicted octanol–water partition coefficient (Wildman–Crippen LogP) is 3.45. The Morgan fingerprint density at radius 3 is 2.47 bits per heavy atom. The molecule has 0 radical (unpaired) electrons. The van der Waals surface area contributed by atoms with Gasteiger partial charge in [-0.05, 0) is 59.8 Å². The molecule has 1 saturated carbocycles. The van der Waals surface area contributed by atoms with Crippen LogP contribution in [-0.2, 0) is 5.41 Å². The summed E-state index contributed by atoms with van der Waals surface area (Å²) in [7, 11) is 1.74. The van der Waals surface area contributed by atoms with Crippen molar-refractivity contribution in [3.05, 3.63) is 27.2 Å². The molecular weight excluding hydrogens is 278 g/mol. The second-order valence-corrected chi connectivity index (χ2v) is 5.90. The molecule has 1 aromatic carbocycles. The van der Waals surface area contributed by atoms with Crippen LogP contribution in [0.15, 0.2) is 10.5 Å². The first-order valence-electron chi connectivity index (χ1n) is 6.10. The van der Waals surface area contributed by atoms with Crippen LogP contribution < -0.4 is 10.5 Å². The van der Waals surface area contributed by atoms with Gasteiger partial charge in [0.15, 0.2) is 0 Å². The maximum Gasteiger partial charge on any atom is 0.137 e. The van der Waals surface area contributed by atoms with Gasteiger partial charge in [0, 0.05) is 17.5 Å². The zero-order valence-corrected chi connectivity index (χ0v) is 12.4. The lowest BCUT2D eigenvalue weighted by molar-refractivity contribution is 0.241. The highest BCUT2D eigenvalue weighted by atomic mass is 79.9. The van der Waals surface area contributed by atoms with E-state index in [4.69, 9.17) is 10.5 Å². The molecule has 0 aromatic heterocycles. The Bertz CT molecular complexity index is 433. The Labute approximate surface area is 112 Å². The third-order valence-electron chi connectivity index (χ3n) is 4.19. The Balaban J connectivity index is 2.65. The lowest BCUT2D eigenvalue weighted by Crippen LogP contribution is -2.42. The molecule has 17 heavy (non-hydrogen) atoms. The van der Waals surface area contributed by atoms with Crippen LogP contribution in [0.5, 0.6) is 5.75 Å². The van der Waals surface area contributed by atoms with Gasteiger partial charge in [-0.1, -0.05) is 6.42 Å². The summed E-state index contributed by atoms with van der Waals surface area (Å²) in [5.74, 6) is 0.971. The third-order valence-corrected chi connectivity index (χ3v) is 4.78. The van der Waals surface area contributed by atoms with Crippen molar-refractivity contribution < 1.29 is 4.74 Å². The van der Waals surface area contributed by atoms with E-state index in [-0.39, 0.29) is 5.41 Å². The Hall–Kier alpha value is -0.540. The number of nitrogens with two attached hydrogens (primary N) is 1. The molecule has 1 aliphatic rings. The molecule has 2 rings (SSSR count). The Morgan fingerprint density at radius 2 is 2.06 bits per heavy atom. The average Bonchev–Trinajstić information content (AvgIpc) is 2.24. The van der Waals surface area contributed by atoms with Gasteiger partial charge in [0.25, 0.3) is 0 Å². The van der Waals surface area contributed by atoms with Gasteiger partial charge in [0.1, 0.15) is 5.75 Å². The number of halogens is 1. The topological polar surface area (TPSA) is 35.2 Å². The van der Waals surface area contributed by atoms with Crippen LogP contribution in [0.4, 0.5) is 0 Å². The van der Waals surface area contributed by atoms with E-state index >= 15 is 0 Å². The maximum atomic E-state index is 6.02. The molecule has 1 aromatic rings. The van der Waals surface area contributed by atoms with Crippen LogP contribution in [0.2, 0.25) is 0 Å². The summed E-state index contributed by atoms with van der Waals surface area (Å²) in [5, 5.41) is 0. The van der Waals surface area contributed by atoms with E-state index in [2.05, 4.69) is 35.8 Å². The fourth-order valence-electron chi connectivity index (χ4n) is 2.85. The molecule has 0 aliphatic heterocycles. The Morgan fingerprint density at radius 1 is 1.41 bits per heavy atom. The van der Waals surface area contributed by atoms with Gasteiger partial charge >= 0.3 is 0 Å². The summed E-state index contributed by atoms with van der Waals surface area (Å²) >= 11 is 3.60. The highest BCUT2D eigenvalue weighted by molar-refractivity contribution is 9.10. The molecule has 0 saturated heterocycles. The minimum atomic E-state index is 0.143. The van der Waals surface area contributed by atoms with E-state index < -0.39 is 0 Å². The van der Waals surface area contributed by atoms with E-state index in [1.807, 2.05) is 0 Å². The second-order valence-electron chi connectivity index (χ2n) is 5.05. The zero-order chi connectivity index (χ0) is 12.6. The van der Waals surface area contributed by atoms with E-state index in [0.717, 1.165) is 10.2 Å². The number of hydrogen-bond donors (Lipinski definition) is 1. The van der Waals surface area contributed by atoms with Crippen LogP contribution in [0.25, 0.3) is 0 Å². The molecule has 1 aliphatic carbocycles. The molecule has 94 valence electrons. The number of ether oxygens (including phenoxy) is 1. The third kappa shape index (κ3) is 1.89. The summed E-state index contributed by atoms with van der Waals surface area (Å²) < 4.78 is 6.63. The fraction of sp³-hybridized carbons (Fsp3) is 0.571. The quantitative estimate of drug-likeness (QED) is 0.927. The molecule has 1 fully saturated rings. The van der Waals surface area contributed by atoms with Crippen LogP contribution in [0, 0.1) is 13.8 Å². The van der Waals surface area contributed by atoms with Gasteiger partial charge in [-0.25, -0.2) is 0 Å². The molecule has 0 atom stereocenters. The SMILES string of the molecule is COc1c(Br)cc(C)c(C)c1C1(CN)CCC1. The number of rotatable bonds is 3. The van der Waals surface area contributed by atoms with Gasteiger partial charge in [-0.3, -0.25) is 0 Å². The van der Waals surface area contributed by atoms with Crippen molar-refractivity contribution in [2.24, 2.45) is 5.73 Å². The number of methoxy groups -OCH3 is 1. The minimum Gasteiger partial charge on any atom is -0.495 e. The highest BCUT2D eigenvalue weighted by Crippen LogP contribution is 2.50. The molecule has 0 spiro atoms. The van der Waals surface area contributed by atoms with Crippen molar-refractivity contribution in [2.75, 3.05) is 13.7 Å². The van der Waals surface area contributed by atoms with Crippen molar-refractivity contribution in [3.63, 3.8) is 0 Å². The number of aryl methyl sites for hydroxylation is 1. The molecular formula is C14H20BrNO. The van der Waals surface area contributed by atoms with E-state index in [9.17, 15) is 0 Å². The summed E-state index contributed by atoms with van der Waals surface area (Å²) in [4.78, 5) is 0. The van der Waals surface area contributed by atoms with Crippen LogP contribution >= 0.6 is 15.9 Å². The first-order chi connectivity index (χ1) is 8.05. The van der Waals surface area contributed by atoms with Crippen LogP contribution in [-0.4, -0.2) is 13.7 Å². The van der Waals surface area contributed by atoms with Crippen molar-refractivity contribution in [3.8, 4) is 5.75 Å². The lowest BCUT2D eigenvalue weighted by atomic mass is 9.63. The smallest absolute Gasteiger partial charge is 0.137 e. The van der Waals surface area contributed by atoms with Crippen molar-refractivity contribution in [2.45, 2.75) is 38.5 Å². The monoisotopic (exact) mass is 297 g/mol. The van der Waals surface area contributed by atoms with Crippen molar-refractivity contribution >= 4 is 15.9 Å². The van der Waals surface area contributed by atoms with Gasteiger partial charge in [-0.2, -0.15) is 0 Å². The standard InChI is InChI=1S/C14H20BrNO/c1-9-7-11(15)13(17-3)12(10(9)2)14(8-16)5-4-6-14/h7H,4-6,8,16H2,1-3H3. The number of benzene rings is 1. The average molecular weight is 298 g/mol. The molecule has 0 amide bonds. The van der Waals surface area contributed by atoms with E-state index in [1.165, 1.54) is 36.0 Å². The molecule has 2 N–H and O–H groups in total. The van der Waals surface area contributed by atoms with Gasteiger partial charge in [0.2, 0.25) is 0 Å². The molecule has 2 nitrogen and oxygen atoms in total. The molecule has 0 bridgehead atoms. The first-order valence-corrected chi connectivity index (χ1v) is 6.89. The van der Waals surface area contributed by atoms with E-state index in [1.54, 1.807) is 7.11 Å². The zero-order valence-electron chi connectivity index (χ0n) is 10.8. The fourth-order valence-corrected chi connectivity index (χ4v) is 3.55. The van der Waals surface area contributed by atoms with Crippen LogP contribution in [0.1, 0.15) is 36.0 Å². The summed E-state index contributed by atoms with van der Waals surface area (Å²) in [6.07, 6.45) is 3.62. The van der Waals surface area contributed by atoms with Crippen molar-refractivity contribution in [1.82, 2.24) is 0 Å². The predicted molar refractivity (Wildman–Crippen MR) is 74.8 cm³/mol. The van der Waals surface area contributed by atoms with Crippen LogP contribution in [0.3, 0.4) is 0 Å². The second kappa shape index (κ2) is 4.62. The first kappa shape index (κ1) is 12.9. The van der Waals surface area contributed by atoms with Gasteiger partial charge in [-0.15, -0.1) is 0 Å². The summed E-state index contributed by atoms with van der Waals surface area (Å²) in [5.41, 5.74) is 10.1. The molecule has 0 heterocycles. The number of hydrogen-bond acceptors (Lipinski definition) is 2. The highest BCUT2D eigenvalue weighted by Gasteiger charge is 2.41. The normalized spacial score (nSPS) is 17.7. The summed E-state index contributed by atoms with van der Waals surface area (Å²) in [6.45, 7) is 5.03. The Kier molecular flexibility index (Phi) is 3.50.